The Balaban J connectivity index is 2.15. The van der Waals surface area contributed by atoms with Crippen molar-refractivity contribution < 1.29 is 9.47 Å². The zero-order valence-electron chi connectivity index (χ0n) is 5.62. The van der Waals surface area contributed by atoms with E-state index >= 15 is 0 Å². The molecule has 10 heavy (non-hydrogen) atoms. The van der Waals surface area contributed by atoms with Crippen LogP contribution in [0.15, 0.2) is 5.10 Å². The maximum atomic E-state index is 5.34. The maximum absolute atomic E-state index is 5.34. The van der Waals surface area contributed by atoms with Crippen molar-refractivity contribution in [3.63, 3.8) is 0 Å². The van der Waals surface area contributed by atoms with Gasteiger partial charge >= 0.3 is 0 Å². The molecule has 4 nitrogen and oxygen atoms in total. The van der Waals surface area contributed by atoms with Crippen LogP contribution in [0.1, 0.15) is 6.42 Å². The highest BCUT2D eigenvalue weighted by Gasteiger charge is 2.38. The molecular weight excluding hydrogens is 132 g/mol. The van der Waals surface area contributed by atoms with E-state index in [0.29, 0.717) is 6.61 Å². The van der Waals surface area contributed by atoms with Crippen LogP contribution < -0.4 is 5.84 Å². The minimum Gasteiger partial charge on any atom is -0.369 e. The number of rotatable bonds is 0. The average molecular weight is 142 g/mol. The van der Waals surface area contributed by atoms with Gasteiger partial charge in [0.1, 0.15) is 6.10 Å². The first-order valence-electron chi connectivity index (χ1n) is 3.41. The SMILES string of the molecule is NN=C1COC2CCOC12. The number of nitrogens with two attached hydrogens (primary N) is 1. The molecule has 2 fully saturated rings. The molecule has 2 heterocycles. The summed E-state index contributed by atoms with van der Waals surface area (Å²) >= 11 is 0. The van der Waals surface area contributed by atoms with Gasteiger partial charge in [-0.05, 0) is 6.42 Å². The summed E-state index contributed by atoms with van der Waals surface area (Å²) in [6.45, 7) is 1.32. The highest BCUT2D eigenvalue weighted by molar-refractivity contribution is 5.92. The van der Waals surface area contributed by atoms with Crippen LogP contribution in [0.25, 0.3) is 0 Å². The van der Waals surface area contributed by atoms with Crippen LogP contribution in [-0.4, -0.2) is 31.1 Å². The number of hydrogen-bond acceptors (Lipinski definition) is 4. The lowest BCUT2D eigenvalue weighted by molar-refractivity contribution is 0.0781. The van der Waals surface area contributed by atoms with Gasteiger partial charge in [-0.3, -0.25) is 0 Å². The molecule has 0 aromatic rings. The van der Waals surface area contributed by atoms with Crippen LogP contribution in [0.3, 0.4) is 0 Å². The monoisotopic (exact) mass is 142 g/mol. The van der Waals surface area contributed by atoms with E-state index in [2.05, 4.69) is 5.10 Å². The fraction of sp³-hybridized carbons (Fsp3) is 0.833. The van der Waals surface area contributed by atoms with Gasteiger partial charge in [0, 0.05) is 0 Å². The zero-order chi connectivity index (χ0) is 6.97. The third-order valence-corrected chi connectivity index (χ3v) is 1.98. The molecule has 2 atom stereocenters. The van der Waals surface area contributed by atoms with E-state index in [-0.39, 0.29) is 12.2 Å². The van der Waals surface area contributed by atoms with Crippen molar-refractivity contribution >= 4 is 5.71 Å². The largest absolute Gasteiger partial charge is 0.369 e. The van der Waals surface area contributed by atoms with E-state index in [4.69, 9.17) is 15.3 Å². The second-order valence-corrected chi connectivity index (χ2v) is 2.55. The van der Waals surface area contributed by atoms with Gasteiger partial charge in [0.2, 0.25) is 0 Å². The Kier molecular flexibility index (Phi) is 1.35. The first-order chi connectivity index (χ1) is 4.92. The Morgan fingerprint density at radius 2 is 2.40 bits per heavy atom. The maximum Gasteiger partial charge on any atom is 0.126 e. The molecule has 2 rings (SSSR count). The molecule has 4 heteroatoms. The summed E-state index contributed by atoms with van der Waals surface area (Å²) in [6.07, 6.45) is 1.26. The van der Waals surface area contributed by atoms with Gasteiger partial charge in [0.25, 0.3) is 0 Å². The van der Waals surface area contributed by atoms with Crippen LogP contribution in [0.4, 0.5) is 0 Å². The fourth-order valence-electron chi connectivity index (χ4n) is 1.44. The van der Waals surface area contributed by atoms with Crippen molar-refractivity contribution in [3.05, 3.63) is 0 Å². The normalized spacial score (nSPS) is 42.6. The van der Waals surface area contributed by atoms with Crippen molar-refractivity contribution in [3.8, 4) is 0 Å². The molecule has 0 spiro atoms. The summed E-state index contributed by atoms with van der Waals surface area (Å²) in [5, 5.41) is 3.60. The molecule has 0 saturated carbocycles. The van der Waals surface area contributed by atoms with E-state index in [9.17, 15) is 0 Å². The van der Waals surface area contributed by atoms with Crippen LogP contribution in [-0.2, 0) is 9.47 Å². The fourth-order valence-corrected chi connectivity index (χ4v) is 1.44. The quantitative estimate of drug-likeness (QED) is 0.366. The number of hydrazone groups is 1. The molecule has 0 aromatic carbocycles. The highest BCUT2D eigenvalue weighted by atomic mass is 16.6. The lowest BCUT2D eigenvalue weighted by Gasteiger charge is -2.04. The standard InChI is InChI=1S/C6H10N2O2/c7-8-4-3-10-5-1-2-9-6(4)5/h5-6H,1-3,7H2. The highest BCUT2D eigenvalue weighted by Crippen LogP contribution is 2.23. The van der Waals surface area contributed by atoms with Crippen molar-refractivity contribution in [2.45, 2.75) is 18.6 Å². The Bertz CT molecular complexity index is 169. The summed E-state index contributed by atoms with van der Waals surface area (Å²) in [7, 11) is 0. The number of hydrogen-bond donors (Lipinski definition) is 1. The van der Waals surface area contributed by atoms with Gasteiger partial charge in [-0.15, -0.1) is 0 Å². The molecule has 2 aliphatic heterocycles. The minimum atomic E-state index is 0.0602. The van der Waals surface area contributed by atoms with Crippen LogP contribution in [0.5, 0.6) is 0 Å². The number of fused-ring (bicyclic) bond motifs is 1. The molecular formula is C6H10N2O2. The molecule has 56 valence electrons. The molecule has 2 saturated heterocycles. The predicted molar refractivity (Wildman–Crippen MR) is 35.7 cm³/mol. The predicted octanol–water partition coefficient (Wildman–Crippen LogP) is -0.511. The Morgan fingerprint density at radius 1 is 1.50 bits per heavy atom. The minimum absolute atomic E-state index is 0.0602. The molecule has 0 aliphatic carbocycles. The van der Waals surface area contributed by atoms with E-state index in [0.717, 1.165) is 18.7 Å². The lowest BCUT2D eigenvalue weighted by atomic mass is 10.1. The van der Waals surface area contributed by atoms with Gasteiger partial charge in [-0.1, -0.05) is 0 Å². The third kappa shape index (κ3) is 0.726. The summed E-state index contributed by atoms with van der Waals surface area (Å²) < 4.78 is 10.7. The van der Waals surface area contributed by atoms with Crippen LogP contribution in [0, 0.1) is 0 Å². The van der Waals surface area contributed by atoms with Crippen molar-refractivity contribution in [1.82, 2.24) is 0 Å². The zero-order valence-corrected chi connectivity index (χ0v) is 5.62. The Labute approximate surface area is 59.0 Å². The number of nitrogens with zero attached hydrogens (tertiary/aromatic N) is 1. The van der Waals surface area contributed by atoms with E-state index in [1.54, 1.807) is 0 Å². The average Bonchev–Trinajstić information content (AvgIpc) is 2.44. The Morgan fingerprint density at radius 3 is 3.20 bits per heavy atom. The molecule has 2 unspecified atom stereocenters. The first-order valence-corrected chi connectivity index (χ1v) is 3.41. The van der Waals surface area contributed by atoms with Gasteiger partial charge in [0.15, 0.2) is 0 Å². The molecule has 2 N–H and O–H groups in total. The molecule has 0 aromatic heterocycles. The number of ether oxygens (including phenoxy) is 2. The summed E-state index contributed by atoms with van der Waals surface area (Å²) in [5.74, 6) is 5.12. The topological polar surface area (TPSA) is 56.8 Å². The van der Waals surface area contributed by atoms with Crippen molar-refractivity contribution in [1.29, 1.82) is 0 Å². The van der Waals surface area contributed by atoms with Gasteiger partial charge in [0.05, 0.1) is 25.0 Å². The van der Waals surface area contributed by atoms with Gasteiger partial charge < -0.3 is 15.3 Å². The first kappa shape index (κ1) is 6.12. The molecule has 0 bridgehead atoms. The molecule has 2 aliphatic rings. The van der Waals surface area contributed by atoms with Gasteiger partial charge in [-0.2, -0.15) is 5.10 Å². The van der Waals surface area contributed by atoms with Crippen molar-refractivity contribution in [2.24, 2.45) is 10.9 Å². The van der Waals surface area contributed by atoms with Gasteiger partial charge in [-0.25, -0.2) is 0 Å². The Hall–Kier alpha value is -0.610. The molecule has 0 radical (unpaired) electrons. The van der Waals surface area contributed by atoms with E-state index in [1.807, 2.05) is 0 Å². The smallest absolute Gasteiger partial charge is 0.126 e. The van der Waals surface area contributed by atoms with E-state index in [1.165, 1.54) is 0 Å². The van der Waals surface area contributed by atoms with Crippen LogP contribution in [0.2, 0.25) is 0 Å². The van der Waals surface area contributed by atoms with E-state index < -0.39 is 0 Å². The summed E-state index contributed by atoms with van der Waals surface area (Å²) in [6, 6.07) is 0. The lowest BCUT2D eigenvalue weighted by Crippen LogP contribution is -2.23. The third-order valence-electron chi connectivity index (χ3n) is 1.98. The summed E-state index contributed by atoms with van der Waals surface area (Å²) in [4.78, 5) is 0. The second-order valence-electron chi connectivity index (χ2n) is 2.55. The second kappa shape index (κ2) is 2.21. The molecule has 0 amide bonds. The summed E-state index contributed by atoms with van der Waals surface area (Å²) in [5.41, 5.74) is 0.850. The van der Waals surface area contributed by atoms with Crippen LogP contribution >= 0.6 is 0 Å². The van der Waals surface area contributed by atoms with Crippen molar-refractivity contribution in [2.75, 3.05) is 13.2 Å².